The summed E-state index contributed by atoms with van der Waals surface area (Å²) in [6.45, 7) is 0. The SMILES string of the molecule is Cn1ccc(-n2c(=S)[nH]c3cc(F)c(Br)cc32)n1. The lowest BCUT2D eigenvalue weighted by molar-refractivity contribution is 0.623. The molecule has 4 nitrogen and oxygen atoms in total. The van der Waals surface area contributed by atoms with Crippen LogP contribution in [0.2, 0.25) is 0 Å². The molecule has 3 aromatic rings. The van der Waals surface area contributed by atoms with E-state index in [9.17, 15) is 4.39 Å². The van der Waals surface area contributed by atoms with Crippen LogP contribution in [-0.4, -0.2) is 19.3 Å². The summed E-state index contributed by atoms with van der Waals surface area (Å²) in [4.78, 5) is 2.97. The zero-order valence-corrected chi connectivity index (χ0v) is 11.7. The molecule has 0 saturated carbocycles. The maximum Gasteiger partial charge on any atom is 0.184 e. The third-order valence-electron chi connectivity index (χ3n) is 2.65. The average Bonchev–Trinajstić information content (AvgIpc) is 2.83. The van der Waals surface area contributed by atoms with Gasteiger partial charge in [-0.1, -0.05) is 0 Å². The second kappa shape index (κ2) is 4.03. The molecule has 7 heteroatoms. The highest BCUT2D eigenvalue weighted by atomic mass is 79.9. The van der Waals surface area contributed by atoms with E-state index in [4.69, 9.17) is 12.2 Å². The van der Waals surface area contributed by atoms with Crippen molar-refractivity contribution >= 4 is 39.2 Å². The number of H-pyrrole nitrogens is 1. The van der Waals surface area contributed by atoms with E-state index in [1.54, 1.807) is 15.3 Å². The van der Waals surface area contributed by atoms with Crippen LogP contribution in [0.4, 0.5) is 4.39 Å². The van der Waals surface area contributed by atoms with E-state index in [2.05, 4.69) is 26.0 Å². The van der Waals surface area contributed by atoms with Gasteiger partial charge >= 0.3 is 0 Å². The molecule has 0 aliphatic carbocycles. The van der Waals surface area contributed by atoms with Gasteiger partial charge in [0.15, 0.2) is 10.6 Å². The van der Waals surface area contributed by atoms with Crippen molar-refractivity contribution in [1.29, 1.82) is 0 Å². The largest absolute Gasteiger partial charge is 0.330 e. The highest BCUT2D eigenvalue weighted by Crippen LogP contribution is 2.25. The molecule has 0 unspecified atom stereocenters. The molecule has 0 aliphatic heterocycles. The number of nitrogens with zero attached hydrogens (tertiary/aromatic N) is 3. The molecule has 0 bridgehead atoms. The molecule has 92 valence electrons. The summed E-state index contributed by atoms with van der Waals surface area (Å²) < 4.78 is 17.8. The fourth-order valence-corrected chi connectivity index (χ4v) is 2.48. The zero-order chi connectivity index (χ0) is 12.9. The molecule has 1 aromatic carbocycles. The lowest BCUT2D eigenvalue weighted by Crippen LogP contribution is -1.97. The van der Waals surface area contributed by atoms with Crippen molar-refractivity contribution in [3.05, 3.63) is 39.5 Å². The summed E-state index contributed by atoms with van der Waals surface area (Å²) in [6.07, 6.45) is 1.83. The minimum Gasteiger partial charge on any atom is -0.330 e. The molecular formula is C11H8BrFN4S. The van der Waals surface area contributed by atoms with Gasteiger partial charge < -0.3 is 4.98 Å². The minimum atomic E-state index is -0.327. The van der Waals surface area contributed by atoms with Crippen LogP contribution in [0.3, 0.4) is 0 Å². The Morgan fingerprint density at radius 2 is 2.22 bits per heavy atom. The van der Waals surface area contributed by atoms with Crippen LogP contribution >= 0.6 is 28.1 Å². The van der Waals surface area contributed by atoms with Crippen molar-refractivity contribution in [2.75, 3.05) is 0 Å². The zero-order valence-electron chi connectivity index (χ0n) is 9.32. The van der Waals surface area contributed by atoms with Gasteiger partial charge in [-0.3, -0.25) is 9.25 Å². The summed E-state index contributed by atoms with van der Waals surface area (Å²) in [5.74, 6) is 0.374. The Bertz CT molecular complexity index is 801. The topological polar surface area (TPSA) is 38.5 Å². The fourth-order valence-electron chi connectivity index (χ4n) is 1.85. The molecule has 0 aliphatic rings. The van der Waals surface area contributed by atoms with E-state index in [-0.39, 0.29) is 5.82 Å². The first-order valence-corrected chi connectivity index (χ1v) is 6.36. The number of benzene rings is 1. The van der Waals surface area contributed by atoms with Gasteiger partial charge in [0.2, 0.25) is 0 Å². The van der Waals surface area contributed by atoms with E-state index in [0.717, 1.165) is 5.52 Å². The third kappa shape index (κ3) is 1.70. The van der Waals surface area contributed by atoms with Gasteiger partial charge in [0.05, 0.1) is 15.5 Å². The summed E-state index contributed by atoms with van der Waals surface area (Å²) in [5.41, 5.74) is 1.43. The molecular weight excluding hydrogens is 319 g/mol. The standard InChI is InChI=1S/C11H8BrFN4S/c1-16-3-2-10(15-16)17-9-4-6(12)7(13)5-8(9)14-11(17)18/h2-5H,1H3,(H,14,18). The number of aromatic amines is 1. The van der Waals surface area contributed by atoms with Crippen molar-refractivity contribution in [2.45, 2.75) is 0 Å². The number of aromatic nitrogens is 4. The average molecular weight is 327 g/mol. The fraction of sp³-hybridized carbons (Fsp3) is 0.0909. The number of halogens is 2. The molecule has 0 amide bonds. The summed E-state index contributed by atoms with van der Waals surface area (Å²) in [7, 11) is 1.83. The molecule has 0 radical (unpaired) electrons. The van der Waals surface area contributed by atoms with Crippen molar-refractivity contribution < 1.29 is 4.39 Å². The molecule has 2 heterocycles. The van der Waals surface area contributed by atoms with E-state index in [1.807, 2.05) is 19.3 Å². The Kier molecular flexibility index (Phi) is 2.60. The Morgan fingerprint density at radius 1 is 1.44 bits per heavy atom. The number of aryl methyl sites for hydroxylation is 1. The third-order valence-corrected chi connectivity index (χ3v) is 3.55. The predicted molar refractivity (Wildman–Crippen MR) is 72.9 cm³/mol. The lowest BCUT2D eigenvalue weighted by atomic mass is 10.3. The van der Waals surface area contributed by atoms with Gasteiger partial charge in [-0.25, -0.2) is 4.39 Å². The Morgan fingerprint density at radius 3 is 2.89 bits per heavy atom. The summed E-state index contributed by atoms with van der Waals surface area (Å²) >= 11 is 8.43. The molecule has 0 fully saturated rings. The molecule has 1 N–H and O–H groups in total. The maximum absolute atomic E-state index is 13.5. The summed E-state index contributed by atoms with van der Waals surface area (Å²) in [5, 5.41) is 4.30. The molecule has 2 aromatic heterocycles. The van der Waals surface area contributed by atoms with Crippen LogP contribution in [0, 0.1) is 10.6 Å². The van der Waals surface area contributed by atoms with Crippen LogP contribution in [0.1, 0.15) is 0 Å². The highest BCUT2D eigenvalue weighted by Gasteiger charge is 2.11. The van der Waals surface area contributed by atoms with Crippen molar-refractivity contribution in [2.24, 2.45) is 7.05 Å². The van der Waals surface area contributed by atoms with Crippen LogP contribution in [0.15, 0.2) is 28.9 Å². The highest BCUT2D eigenvalue weighted by molar-refractivity contribution is 9.10. The minimum absolute atomic E-state index is 0.327. The van der Waals surface area contributed by atoms with E-state index >= 15 is 0 Å². The van der Waals surface area contributed by atoms with Gasteiger partial charge in [-0.2, -0.15) is 5.10 Å². The smallest absolute Gasteiger partial charge is 0.184 e. The van der Waals surface area contributed by atoms with E-state index in [0.29, 0.717) is 20.6 Å². The van der Waals surface area contributed by atoms with E-state index < -0.39 is 0 Å². The molecule has 0 saturated heterocycles. The van der Waals surface area contributed by atoms with Gasteiger partial charge in [0.1, 0.15) is 5.82 Å². The first-order chi connectivity index (χ1) is 8.56. The Balaban J connectivity index is 2.38. The second-order valence-corrected chi connectivity index (χ2v) is 5.14. The number of nitrogens with one attached hydrogen (secondary N) is 1. The first-order valence-electron chi connectivity index (χ1n) is 5.16. The maximum atomic E-state index is 13.5. The van der Waals surface area contributed by atoms with Crippen LogP contribution in [0.5, 0.6) is 0 Å². The van der Waals surface area contributed by atoms with Gasteiger partial charge in [-0.15, -0.1) is 0 Å². The van der Waals surface area contributed by atoms with E-state index in [1.165, 1.54) is 6.07 Å². The monoisotopic (exact) mass is 326 g/mol. The van der Waals surface area contributed by atoms with Crippen LogP contribution in [0.25, 0.3) is 16.9 Å². The van der Waals surface area contributed by atoms with Gasteiger partial charge in [-0.05, 0) is 34.2 Å². The number of hydrogen-bond acceptors (Lipinski definition) is 2. The lowest BCUT2D eigenvalue weighted by Gasteiger charge is -2.00. The van der Waals surface area contributed by atoms with Crippen molar-refractivity contribution in [3.8, 4) is 5.82 Å². The van der Waals surface area contributed by atoms with Crippen molar-refractivity contribution in [1.82, 2.24) is 19.3 Å². The number of hydrogen-bond donors (Lipinski definition) is 1. The van der Waals surface area contributed by atoms with Gasteiger partial charge in [0, 0.05) is 25.4 Å². The number of rotatable bonds is 1. The van der Waals surface area contributed by atoms with Crippen LogP contribution in [-0.2, 0) is 7.05 Å². The Hall–Kier alpha value is -1.47. The Labute approximate surface area is 115 Å². The molecule has 0 atom stereocenters. The summed E-state index contributed by atoms with van der Waals surface area (Å²) in [6, 6.07) is 4.95. The van der Waals surface area contributed by atoms with Crippen LogP contribution < -0.4 is 0 Å². The van der Waals surface area contributed by atoms with Gasteiger partial charge in [0.25, 0.3) is 0 Å². The first kappa shape index (κ1) is 11.6. The number of imidazole rings is 1. The van der Waals surface area contributed by atoms with Crippen molar-refractivity contribution in [3.63, 3.8) is 0 Å². The number of fused-ring (bicyclic) bond motifs is 1. The molecule has 18 heavy (non-hydrogen) atoms. The quantitative estimate of drug-likeness (QED) is 0.697. The molecule has 3 rings (SSSR count). The normalized spacial score (nSPS) is 11.3. The second-order valence-electron chi connectivity index (χ2n) is 3.90. The predicted octanol–water partition coefficient (Wildman–Crippen LogP) is 3.32. The molecule has 0 spiro atoms.